The van der Waals surface area contributed by atoms with E-state index in [1.165, 1.54) is 13.8 Å². The Hall–Kier alpha value is -1.92. The smallest absolute Gasteiger partial charge is 0.290 e. The molecule has 0 unspecified atom stereocenters. The molecule has 6 nitrogen and oxygen atoms in total. The quantitative estimate of drug-likeness (QED) is 0.288. The third kappa shape index (κ3) is 2.02. The lowest BCUT2D eigenvalue weighted by molar-refractivity contribution is -0.560. The van der Waals surface area contributed by atoms with E-state index in [0.29, 0.717) is 10.5 Å². The Labute approximate surface area is 124 Å². The Balaban J connectivity index is 2.70. The topological polar surface area (TPSA) is 82.1 Å². The van der Waals surface area contributed by atoms with Crippen LogP contribution in [-0.4, -0.2) is 42.8 Å². The van der Waals surface area contributed by atoms with Gasteiger partial charge < -0.3 is 15.6 Å². The summed E-state index contributed by atoms with van der Waals surface area (Å²) in [6.45, 7) is 8.50. The van der Waals surface area contributed by atoms with Gasteiger partial charge in [0.25, 0.3) is 5.66 Å². The largest absolute Gasteiger partial charge is 0.622 e. The van der Waals surface area contributed by atoms with Crippen LogP contribution in [0, 0.1) is 12.1 Å². The minimum atomic E-state index is -1.45. The van der Waals surface area contributed by atoms with Crippen molar-refractivity contribution in [3.63, 3.8) is 0 Å². The summed E-state index contributed by atoms with van der Waals surface area (Å²) in [6.07, 6.45) is 0. The van der Waals surface area contributed by atoms with Gasteiger partial charge in [-0.2, -0.15) is 4.74 Å². The average Bonchev–Trinajstić information content (AvgIpc) is 2.58. The Bertz CT molecular complexity index is 620. The molecule has 0 amide bonds. The fourth-order valence-electron chi connectivity index (χ4n) is 2.77. The molecule has 0 spiro atoms. The van der Waals surface area contributed by atoms with E-state index < -0.39 is 11.2 Å². The molecule has 0 aromatic heterocycles. The zero-order valence-corrected chi connectivity index (χ0v) is 13.0. The zero-order chi connectivity index (χ0) is 16.0. The number of hydrogen-bond acceptors (Lipinski definition) is 5. The fraction of sp³-hybridized carbons (Fsp3) is 0.467. The van der Waals surface area contributed by atoms with Gasteiger partial charge in [0.1, 0.15) is 11.3 Å². The lowest BCUT2D eigenvalue weighted by Crippen LogP contribution is -2.57. The van der Waals surface area contributed by atoms with Gasteiger partial charge in [0.15, 0.2) is 0 Å². The van der Waals surface area contributed by atoms with E-state index >= 15 is 0 Å². The van der Waals surface area contributed by atoms with E-state index in [1.54, 1.807) is 13.8 Å². The van der Waals surface area contributed by atoms with Crippen LogP contribution in [0.5, 0.6) is 0 Å². The van der Waals surface area contributed by atoms with Crippen molar-refractivity contribution in [2.45, 2.75) is 45.8 Å². The number of oxime groups is 1. The molecule has 2 N–H and O–H groups in total. The van der Waals surface area contributed by atoms with E-state index in [2.05, 4.69) is 5.16 Å². The Morgan fingerprint density at radius 1 is 1.24 bits per heavy atom. The third-order valence-corrected chi connectivity index (χ3v) is 4.28. The molecule has 0 saturated carbocycles. The van der Waals surface area contributed by atoms with Crippen molar-refractivity contribution in [1.82, 2.24) is 5.06 Å². The maximum atomic E-state index is 12.8. The van der Waals surface area contributed by atoms with Gasteiger partial charge in [-0.25, -0.2) is 0 Å². The van der Waals surface area contributed by atoms with E-state index in [0.717, 1.165) is 16.2 Å². The molecule has 0 bridgehead atoms. The summed E-state index contributed by atoms with van der Waals surface area (Å²) in [5.41, 5.74) is 0.0000237. The predicted molar refractivity (Wildman–Crippen MR) is 79.9 cm³/mol. The van der Waals surface area contributed by atoms with Crippen molar-refractivity contribution in [2.75, 3.05) is 0 Å². The molecule has 1 atom stereocenters. The van der Waals surface area contributed by atoms with Crippen LogP contribution in [0.1, 0.15) is 38.8 Å². The van der Waals surface area contributed by atoms with Gasteiger partial charge in [-0.05, 0) is 39.8 Å². The second-order valence-corrected chi connectivity index (χ2v) is 6.09. The summed E-state index contributed by atoms with van der Waals surface area (Å²) in [6, 6.07) is 7.53. The van der Waals surface area contributed by atoms with E-state index in [-0.39, 0.29) is 5.71 Å². The van der Waals surface area contributed by atoms with Crippen molar-refractivity contribution in [1.29, 1.82) is 0 Å². The van der Waals surface area contributed by atoms with Crippen LogP contribution < -0.4 is 0 Å². The SMILES string of the molecule is C/C(=N/O)[C@@]1(C)N(O)C(C)(C)C(c2ccc(C)cc2)=[N+]1[O-]. The minimum Gasteiger partial charge on any atom is -0.622 e. The fourth-order valence-corrected chi connectivity index (χ4v) is 2.77. The molecule has 1 aromatic carbocycles. The van der Waals surface area contributed by atoms with Crippen LogP contribution in [0.3, 0.4) is 0 Å². The van der Waals surface area contributed by atoms with E-state index in [9.17, 15) is 10.4 Å². The summed E-state index contributed by atoms with van der Waals surface area (Å²) >= 11 is 0. The highest BCUT2D eigenvalue weighted by molar-refractivity contribution is 6.06. The summed E-state index contributed by atoms with van der Waals surface area (Å²) in [5, 5.41) is 36.4. The molecule has 0 radical (unpaired) electrons. The molecule has 6 heteroatoms. The third-order valence-electron chi connectivity index (χ3n) is 4.28. The first kappa shape index (κ1) is 15.5. The minimum absolute atomic E-state index is 0.121. The second-order valence-electron chi connectivity index (χ2n) is 6.09. The second kappa shape index (κ2) is 4.82. The van der Waals surface area contributed by atoms with Gasteiger partial charge >= 0.3 is 0 Å². The van der Waals surface area contributed by atoms with Crippen molar-refractivity contribution >= 4 is 11.4 Å². The first-order valence-electron chi connectivity index (χ1n) is 6.77. The molecule has 1 heterocycles. The van der Waals surface area contributed by atoms with E-state index in [1.807, 2.05) is 31.2 Å². The number of hydroxylamine groups is 3. The van der Waals surface area contributed by atoms with Gasteiger partial charge in [-0.1, -0.05) is 22.9 Å². The van der Waals surface area contributed by atoms with Crippen LogP contribution in [-0.2, 0) is 0 Å². The molecule has 0 fully saturated rings. The van der Waals surface area contributed by atoms with Gasteiger partial charge in [0.05, 0.1) is 0 Å². The summed E-state index contributed by atoms with van der Waals surface area (Å²) < 4.78 is 0.715. The average molecular weight is 291 g/mol. The number of hydrogen-bond donors (Lipinski definition) is 2. The number of aryl methyl sites for hydroxylation is 1. The lowest BCUT2D eigenvalue weighted by atomic mass is 9.92. The molecule has 114 valence electrons. The maximum Gasteiger partial charge on any atom is 0.290 e. The molecule has 2 rings (SSSR count). The van der Waals surface area contributed by atoms with Crippen LogP contribution in [0.15, 0.2) is 29.4 Å². The number of rotatable bonds is 2. The molecule has 1 aromatic rings. The zero-order valence-electron chi connectivity index (χ0n) is 13.0. The Morgan fingerprint density at radius 2 is 1.76 bits per heavy atom. The van der Waals surface area contributed by atoms with Crippen molar-refractivity contribution in [2.24, 2.45) is 5.16 Å². The van der Waals surface area contributed by atoms with Gasteiger partial charge in [0.2, 0.25) is 5.71 Å². The van der Waals surface area contributed by atoms with Gasteiger partial charge in [-0.3, -0.25) is 0 Å². The van der Waals surface area contributed by atoms with E-state index in [4.69, 9.17) is 5.21 Å². The predicted octanol–water partition coefficient (Wildman–Crippen LogP) is 2.34. The molecule has 21 heavy (non-hydrogen) atoms. The highest BCUT2D eigenvalue weighted by Gasteiger charge is 2.61. The summed E-state index contributed by atoms with van der Waals surface area (Å²) in [7, 11) is 0. The van der Waals surface area contributed by atoms with Crippen LogP contribution in [0.2, 0.25) is 0 Å². The highest BCUT2D eigenvalue weighted by Crippen LogP contribution is 2.36. The van der Waals surface area contributed by atoms with Crippen LogP contribution in [0.4, 0.5) is 0 Å². The number of nitrogens with zero attached hydrogens (tertiary/aromatic N) is 3. The molecular weight excluding hydrogens is 270 g/mol. The van der Waals surface area contributed by atoms with Gasteiger partial charge in [0, 0.05) is 12.5 Å². The number of benzene rings is 1. The van der Waals surface area contributed by atoms with Crippen LogP contribution >= 0.6 is 0 Å². The molecule has 1 aliphatic rings. The van der Waals surface area contributed by atoms with Crippen LogP contribution in [0.25, 0.3) is 0 Å². The lowest BCUT2D eigenvalue weighted by Gasteiger charge is -2.32. The highest BCUT2D eigenvalue weighted by atomic mass is 16.6. The first-order chi connectivity index (χ1) is 9.67. The van der Waals surface area contributed by atoms with Crippen molar-refractivity contribution in [3.05, 3.63) is 40.6 Å². The normalized spacial score (nSPS) is 26.5. The summed E-state index contributed by atoms with van der Waals surface area (Å²) in [4.78, 5) is 0. The molecule has 0 saturated heterocycles. The van der Waals surface area contributed by atoms with Gasteiger partial charge in [-0.15, -0.1) is 5.06 Å². The Kier molecular flexibility index (Phi) is 3.55. The standard InChI is InChI=1S/C15H21N3O3/c1-10-6-8-12(9-7-10)13-14(3,4)18(21)15(5,17(13)20)11(2)16-19/h6-9,19,21H,1-5H3/b16-11-/t15-/m1/s1. The van der Waals surface area contributed by atoms with Crippen molar-refractivity contribution in [3.8, 4) is 0 Å². The molecule has 1 aliphatic heterocycles. The maximum absolute atomic E-state index is 12.8. The summed E-state index contributed by atoms with van der Waals surface area (Å²) in [5.74, 6) is 0. The molecule has 0 aliphatic carbocycles. The van der Waals surface area contributed by atoms with Crippen molar-refractivity contribution < 1.29 is 15.2 Å². The molecular formula is C15H21N3O3. The monoisotopic (exact) mass is 291 g/mol. The first-order valence-corrected chi connectivity index (χ1v) is 6.77. The Morgan fingerprint density at radius 3 is 2.24 bits per heavy atom.